The molecule has 2 aromatic rings. The number of rotatable bonds is 4. The van der Waals surface area contributed by atoms with Crippen LogP contribution in [0.3, 0.4) is 0 Å². The highest BCUT2D eigenvalue weighted by Gasteiger charge is 2.19. The lowest BCUT2D eigenvalue weighted by Crippen LogP contribution is -2.12. The number of nitrogens with zero attached hydrogens (tertiary/aromatic N) is 3. The smallest absolute Gasteiger partial charge is 0.270 e. The summed E-state index contributed by atoms with van der Waals surface area (Å²) in [5.74, 6) is 0.883. The quantitative estimate of drug-likeness (QED) is 0.935. The van der Waals surface area contributed by atoms with E-state index < -0.39 is 0 Å². The van der Waals surface area contributed by atoms with Crippen molar-refractivity contribution in [2.75, 3.05) is 5.32 Å². The highest BCUT2D eigenvalue weighted by molar-refractivity contribution is 7.14. The van der Waals surface area contributed by atoms with Crippen molar-refractivity contribution in [3.8, 4) is 0 Å². The number of carbonyl (C=O) groups excluding carboxylic acids is 1. The third-order valence-corrected chi connectivity index (χ3v) is 4.13. The molecule has 6 nitrogen and oxygen atoms in total. The molecule has 0 unspecified atom stereocenters. The summed E-state index contributed by atoms with van der Waals surface area (Å²) in [4.78, 5) is 21.3. The Balaban J connectivity index is 2.15. The maximum Gasteiger partial charge on any atom is 0.270 e. The van der Waals surface area contributed by atoms with Gasteiger partial charge in [0.2, 0.25) is 5.89 Å². The van der Waals surface area contributed by atoms with Crippen molar-refractivity contribution >= 4 is 23.2 Å². The van der Waals surface area contributed by atoms with Crippen LogP contribution in [-0.4, -0.2) is 21.0 Å². The number of aromatic nitrogens is 3. The van der Waals surface area contributed by atoms with Gasteiger partial charge >= 0.3 is 0 Å². The predicted octanol–water partition coefficient (Wildman–Crippen LogP) is 3.33. The molecule has 0 aliphatic rings. The predicted molar refractivity (Wildman–Crippen MR) is 77.3 cm³/mol. The van der Waals surface area contributed by atoms with Gasteiger partial charge in [0.25, 0.3) is 11.9 Å². The van der Waals surface area contributed by atoms with Crippen LogP contribution in [0.4, 0.5) is 5.95 Å². The van der Waals surface area contributed by atoms with Crippen LogP contribution in [-0.2, 0) is 0 Å². The minimum Gasteiger partial charge on any atom is -0.337 e. The van der Waals surface area contributed by atoms with Crippen molar-refractivity contribution in [2.45, 2.75) is 46.5 Å². The molecule has 0 saturated carbocycles. The maximum absolute atomic E-state index is 12.2. The van der Waals surface area contributed by atoms with Crippen LogP contribution >= 0.6 is 11.3 Å². The number of anilines is 1. The summed E-state index contributed by atoms with van der Waals surface area (Å²) >= 11 is 1.40. The summed E-state index contributed by atoms with van der Waals surface area (Å²) < 4.78 is 5.05. The summed E-state index contributed by atoms with van der Waals surface area (Å²) in [7, 11) is 0. The Morgan fingerprint density at radius 1 is 1.20 bits per heavy atom. The highest BCUT2D eigenvalue weighted by Crippen LogP contribution is 2.25. The highest BCUT2D eigenvalue weighted by atomic mass is 32.1. The molecule has 0 saturated heterocycles. The fourth-order valence-corrected chi connectivity index (χ4v) is 2.52. The number of thiazole rings is 1. The second-order valence-electron chi connectivity index (χ2n) is 5.19. The monoisotopic (exact) mass is 294 g/mol. The standard InChI is InChI=1S/C13H18N4O2S/c1-6(2)11-16-13(17-19-11)15-10(18)9-8(5)14-12(20-9)7(3)4/h6-7H,1-5H3,(H,15,17,18). The largest absolute Gasteiger partial charge is 0.337 e. The van der Waals surface area contributed by atoms with Crippen LogP contribution in [0.15, 0.2) is 4.52 Å². The number of hydrogen-bond donors (Lipinski definition) is 1. The first-order valence-electron chi connectivity index (χ1n) is 6.50. The van der Waals surface area contributed by atoms with Gasteiger partial charge < -0.3 is 4.52 Å². The molecule has 0 aliphatic carbocycles. The summed E-state index contributed by atoms with van der Waals surface area (Å²) in [5, 5.41) is 7.33. The van der Waals surface area contributed by atoms with Crippen LogP contribution < -0.4 is 5.32 Å². The van der Waals surface area contributed by atoms with Crippen molar-refractivity contribution in [3.63, 3.8) is 0 Å². The summed E-state index contributed by atoms with van der Waals surface area (Å²) in [6, 6.07) is 0. The number of nitrogens with one attached hydrogen (secondary N) is 1. The van der Waals surface area contributed by atoms with E-state index in [0.717, 1.165) is 10.7 Å². The van der Waals surface area contributed by atoms with Crippen LogP contribution in [0.2, 0.25) is 0 Å². The van der Waals surface area contributed by atoms with Gasteiger partial charge in [-0.1, -0.05) is 27.7 Å². The fourth-order valence-electron chi connectivity index (χ4n) is 1.55. The molecule has 2 rings (SSSR count). The lowest BCUT2D eigenvalue weighted by atomic mass is 10.2. The van der Waals surface area contributed by atoms with E-state index in [-0.39, 0.29) is 17.8 Å². The minimum atomic E-state index is -0.247. The molecular weight excluding hydrogens is 276 g/mol. The SMILES string of the molecule is Cc1nc(C(C)C)sc1C(=O)Nc1noc(C(C)C)n1. The Morgan fingerprint density at radius 3 is 2.40 bits per heavy atom. The Morgan fingerprint density at radius 2 is 1.90 bits per heavy atom. The Hall–Kier alpha value is -1.76. The first kappa shape index (κ1) is 14.6. The zero-order chi connectivity index (χ0) is 14.9. The first-order valence-corrected chi connectivity index (χ1v) is 7.32. The molecule has 0 bridgehead atoms. The Labute approximate surface area is 121 Å². The van der Waals surface area contributed by atoms with Gasteiger partial charge in [-0.3, -0.25) is 10.1 Å². The second-order valence-corrected chi connectivity index (χ2v) is 6.22. The van der Waals surface area contributed by atoms with E-state index in [1.54, 1.807) is 0 Å². The second kappa shape index (κ2) is 5.70. The van der Waals surface area contributed by atoms with Gasteiger partial charge in [-0.25, -0.2) is 4.98 Å². The molecule has 0 aliphatic heterocycles. The van der Waals surface area contributed by atoms with E-state index in [9.17, 15) is 4.79 Å². The van der Waals surface area contributed by atoms with E-state index in [0.29, 0.717) is 16.7 Å². The van der Waals surface area contributed by atoms with Crippen LogP contribution in [0.25, 0.3) is 0 Å². The molecule has 0 radical (unpaired) electrons. The lowest BCUT2D eigenvalue weighted by molar-refractivity contribution is 0.102. The summed E-state index contributed by atoms with van der Waals surface area (Å²) in [6.45, 7) is 9.82. The molecule has 0 fully saturated rings. The molecule has 0 atom stereocenters. The molecule has 1 amide bonds. The van der Waals surface area contributed by atoms with Gasteiger partial charge in [-0.05, 0) is 12.1 Å². The Bertz CT molecular complexity index is 616. The van der Waals surface area contributed by atoms with E-state index in [2.05, 4.69) is 20.4 Å². The number of hydrogen-bond acceptors (Lipinski definition) is 6. The van der Waals surface area contributed by atoms with Gasteiger partial charge in [0, 0.05) is 11.8 Å². The Kier molecular flexibility index (Phi) is 4.17. The minimum absolute atomic E-state index is 0.130. The lowest BCUT2D eigenvalue weighted by Gasteiger charge is -1.98. The molecule has 2 heterocycles. The number of carbonyl (C=O) groups is 1. The first-order chi connectivity index (χ1) is 9.38. The normalized spacial score (nSPS) is 11.3. The van der Waals surface area contributed by atoms with Gasteiger partial charge in [0.05, 0.1) is 10.7 Å². The van der Waals surface area contributed by atoms with Crippen LogP contribution in [0.1, 0.15) is 65.8 Å². The fraction of sp³-hybridized carbons (Fsp3) is 0.538. The van der Waals surface area contributed by atoms with Crippen LogP contribution in [0, 0.1) is 6.92 Å². The number of amides is 1. The molecule has 2 aromatic heterocycles. The third-order valence-electron chi connectivity index (χ3n) is 2.67. The molecular formula is C13H18N4O2S. The third kappa shape index (κ3) is 3.04. The molecule has 20 heavy (non-hydrogen) atoms. The number of aryl methyl sites for hydroxylation is 1. The van der Waals surface area contributed by atoms with E-state index in [1.165, 1.54) is 11.3 Å². The zero-order valence-electron chi connectivity index (χ0n) is 12.2. The molecule has 7 heteroatoms. The van der Waals surface area contributed by atoms with E-state index in [1.807, 2.05) is 34.6 Å². The zero-order valence-corrected chi connectivity index (χ0v) is 13.0. The van der Waals surface area contributed by atoms with E-state index in [4.69, 9.17) is 4.52 Å². The van der Waals surface area contributed by atoms with Gasteiger partial charge in [-0.15, -0.1) is 11.3 Å². The van der Waals surface area contributed by atoms with Crippen molar-refractivity contribution in [2.24, 2.45) is 0 Å². The summed E-state index contributed by atoms with van der Waals surface area (Å²) in [5.41, 5.74) is 0.726. The molecule has 1 N–H and O–H groups in total. The average molecular weight is 294 g/mol. The van der Waals surface area contributed by atoms with Crippen molar-refractivity contribution in [3.05, 3.63) is 21.5 Å². The average Bonchev–Trinajstić information content (AvgIpc) is 2.95. The summed E-state index contributed by atoms with van der Waals surface area (Å²) in [6.07, 6.45) is 0. The topological polar surface area (TPSA) is 80.9 Å². The van der Waals surface area contributed by atoms with E-state index >= 15 is 0 Å². The van der Waals surface area contributed by atoms with Gasteiger partial charge in [0.1, 0.15) is 4.88 Å². The maximum atomic E-state index is 12.2. The van der Waals surface area contributed by atoms with Gasteiger partial charge in [0.15, 0.2) is 0 Å². The van der Waals surface area contributed by atoms with Crippen LogP contribution in [0.5, 0.6) is 0 Å². The molecule has 0 spiro atoms. The van der Waals surface area contributed by atoms with Crippen molar-refractivity contribution < 1.29 is 9.32 Å². The molecule has 108 valence electrons. The van der Waals surface area contributed by atoms with Crippen molar-refractivity contribution in [1.82, 2.24) is 15.1 Å². The van der Waals surface area contributed by atoms with Gasteiger partial charge in [-0.2, -0.15) is 4.98 Å². The molecule has 0 aromatic carbocycles. The van der Waals surface area contributed by atoms with Crippen molar-refractivity contribution in [1.29, 1.82) is 0 Å².